The lowest BCUT2D eigenvalue weighted by Crippen LogP contribution is -2.40. The third kappa shape index (κ3) is 10.1. The van der Waals surface area contributed by atoms with Crippen molar-refractivity contribution in [1.82, 2.24) is 4.90 Å². The van der Waals surface area contributed by atoms with Crippen molar-refractivity contribution in [2.24, 2.45) is 0 Å². The van der Waals surface area contributed by atoms with E-state index in [1.54, 1.807) is 100 Å². The molecule has 4 aromatic carbocycles. The molecule has 1 amide bonds. The molecule has 0 heterocycles. The smallest absolute Gasteiger partial charge is 0.410 e. The Kier molecular flexibility index (Phi) is 11.7. The number of aliphatic hydroxyl groups is 1. The van der Waals surface area contributed by atoms with Gasteiger partial charge in [0.2, 0.25) is 9.84 Å². The van der Waals surface area contributed by atoms with Crippen LogP contribution in [0.1, 0.15) is 55.3 Å². The number of ether oxygens (including phenoxy) is 3. The number of sulfone groups is 1. The summed E-state index contributed by atoms with van der Waals surface area (Å²) in [6.45, 7) is 7.49. The topological polar surface area (TPSA) is 119 Å². The summed E-state index contributed by atoms with van der Waals surface area (Å²) in [6.07, 6.45) is -1.16. The van der Waals surface area contributed by atoms with Crippen LogP contribution in [0, 0.1) is 0 Å². The van der Waals surface area contributed by atoms with Crippen LogP contribution in [0.25, 0.3) is 0 Å². The summed E-state index contributed by atoms with van der Waals surface area (Å²) in [5.41, 5.74) is 0.984. The average molecular weight is 680 g/mol. The van der Waals surface area contributed by atoms with Gasteiger partial charge < -0.3 is 24.2 Å². The zero-order chi connectivity index (χ0) is 34.2. The Balaban J connectivity index is 1.42. The van der Waals surface area contributed by atoms with Gasteiger partial charge in [-0.2, -0.15) is 0 Å². The van der Waals surface area contributed by atoms with Crippen LogP contribution in [0.15, 0.2) is 107 Å². The number of nitrogens with zero attached hydrogens (tertiary/aromatic N) is 1. The third-order valence-electron chi connectivity index (χ3n) is 6.90. The molecule has 4 rings (SSSR count). The molecule has 0 saturated heterocycles. The second kappa shape index (κ2) is 15.5. The molecule has 1 N–H and O–H groups in total. The summed E-state index contributed by atoms with van der Waals surface area (Å²) in [5.74, 6) is 0.347. The first-order chi connectivity index (χ1) is 22.2. The molecule has 0 aliphatic heterocycles. The van der Waals surface area contributed by atoms with Gasteiger partial charge in [0.1, 0.15) is 17.1 Å². The monoisotopic (exact) mass is 679 g/mol. The highest BCUT2D eigenvalue weighted by molar-refractivity contribution is 7.91. The molecular weight excluding hydrogens is 642 g/mol. The average Bonchev–Trinajstić information content (AvgIpc) is 3.03. The van der Waals surface area contributed by atoms with E-state index in [1.807, 2.05) is 0 Å². The number of hydrogen-bond donors (Lipinski definition) is 1. The number of benzene rings is 4. The molecule has 0 bridgehead atoms. The van der Waals surface area contributed by atoms with Gasteiger partial charge in [0.05, 0.1) is 34.6 Å². The van der Waals surface area contributed by atoms with Gasteiger partial charge in [-0.1, -0.05) is 41.9 Å². The van der Waals surface area contributed by atoms with E-state index in [-0.39, 0.29) is 29.5 Å². The van der Waals surface area contributed by atoms with Crippen molar-refractivity contribution in [1.29, 1.82) is 0 Å². The molecule has 248 valence electrons. The van der Waals surface area contributed by atoms with Gasteiger partial charge >= 0.3 is 12.1 Å². The van der Waals surface area contributed by atoms with E-state index in [1.165, 1.54) is 29.2 Å². The van der Waals surface area contributed by atoms with E-state index in [0.29, 0.717) is 34.1 Å². The fourth-order valence-electron chi connectivity index (χ4n) is 4.57. The fraction of sp³-hybridized carbons (Fsp3) is 0.278. The van der Waals surface area contributed by atoms with Crippen molar-refractivity contribution >= 4 is 33.5 Å². The molecule has 0 fully saturated rings. The van der Waals surface area contributed by atoms with Gasteiger partial charge in [0.25, 0.3) is 0 Å². The first kappa shape index (κ1) is 35.5. The summed E-state index contributed by atoms with van der Waals surface area (Å²) in [5, 5.41) is 11.3. The molecule has 0 radical (unpaired) electrons. The van der Waals surface area contributed by atoms with Crippen molar-refractivity contribution in [3.8, 4) is 11.5 Å². The van der Waals surface area contributed by atoms with Crippen LogP contribution in [0.3, 0.4) is 0 Å². The lowest BCUT2D eigenvalue weighted by molar-refractivity contribution is 0.0147. The van der Waals surface area contributed by atoms with Crippen LogP contribution in [0.5, 0.6) is 11.5 Å². The fourth-order valence-corrected chi connectivity index (χ4v) is 6.03. The molecule has 0 spiro atoms. The van der Waals surface area contributed by atoms with Crippen LogP contribution in [-0.4, -0.2) is 55.8 Å². The van der Waals surface area contributed by atoms with E-state index < -0.39 is 33.6 Å². The lowest BCUT2D eigenvalue weighted by Gasteiger charge is -2.29. The third-order valence-corrected chi connectivity index (χ3v) is 8.92. The molecule has 11 heteroatoms. The Morgan fingerprint density at radius 1 is 0.872 bits per heavy atom. The number of hydrogen-bond acceptors (Lipinski definition) is 8. The summed E-state index contributed by atoms with van der Waals surface area (Å²) >= 11 is 6.08. The quantitative estimate of drug-likeness (QED) is 0.152. The second-order valence-corrected chi connectivity index (χ2v) is 14.1. The zero-order valence-corrected chi connectivity index (χ0v) is 28.3. The highest BCUT2D eigenvalue weighted by atomic mass is 35.5. The maximum absolute atomic E-state index is 13.4. The van der Waals surface area contributed by atoms with Gasteiger partial charge in [-0.25, -0.2) is 18.0 Å². The number of aliphatic hydroxyl groups excluding tert-OH is 1. The Labute approximate surface area is 280 Å². The summed E-state index contributed by atoms with van der Waals surface area (Å²) in [4.78, 5) is 26.7. The van der Waals surface area contributed by atoms with Crippen LogP contribution >= 0.6 is 11.6 Å². The van der Waals surface area contributed by atoms with E-state index in [2.05, 4.69) is 0 Å². The molecular formula is C36H38ClNO8S. The Bertz CT molecular complexity index is 1790. The maximum atomic E-state index is 13.4. The molecule has 47 heavy (non-hydrogen) atoms. The Hall–Kier alpha value is -4.38. The van der Waals surface area contributed by atoms with E-state index in [0.717, 1.165) is 5.56 Å². The van der Waals surface area contributed by atoms with Crippen LogP contribution in [-0.2, 0) is 25.7 Å². The largest absolute Gasteiger partial charge is 0.462 e. The number of halogens is 1. The number of carbonyl (C=O) groups is 2. The maximum Gasteiger partial charge on any atom is 0.410 e. The Morgan fingerprint density at radius 3 is 2.13 bits per heavy atom. The van der Waals surface area contributed by atoms with Crippen molar-refractivity contribution in [3.63, 3.8) is 0 Å². The summed E-state index contributed by atoms with van der Waals surface area (Å²) < 4.78 is 43.1. The van der Waals surface area contributed by atoms with Gasteiger partial charge in [0, 0.05) is 11.6 Å². The second-order valence-electron chi connectivity index (χ2n) is 11.7. The number of rotatable bonds is 12. The van der Waals surface area contributed by atoms with Gasteiger partial charge in [-0.05, 0) is 112 Å². The van der Waals surface area contributed by atoms with E-state index in [4.69, 9.17) is 25.8 Å². The number of esters is 1. The molecule has 1 atom stereocenters. The summed E-state index contributed by atoms with van der Waals surface area (Å²) in [7, 11) is -3.83. The predicted octanol–water partition coefficient (Wildman–Crippen LogP) is 7.66. The van der Waals surface area contributed by atoms with E-state index >= 15 is 0 Å². The minimum atomic E-state index is -3.83. The molecule has 4 aromatic rings. The minimum absolute atomic E-state index is 0.0156. The first-order valence-electron chi connectivity index (χ1n) is 15.1. The van der Waals surface area contributed by atoms with Crippen molar-refractivity contribution in [3.05, 3.63) is 119 Å². The zero-order valence-electron chi connectivity index (χ0n) is 26.7. The van der Waals surface area contributed by atoms with Crippen molar-refractivity contribution < 1.29 is 37.3 Å². The first-order valence-corrected chi connectivity index (χ1v) is 16.9. The number of amides is 1. The van der Waals surface area contributed by atoms with Crippen LogP contribution in [0.4, 0.5) is 4.79 Å². The predicted molar refractivity (Wildman–Crippen MR) is 179 cm³/mol. The normalized spacial score (nSPS) is 12.2. The van der Waals surface area contributed by atoms with Crippen molar-refractivity contribution in [2.75, 3.05) is 19.7 Å². The minimum Gasteiger partial charge on any atom is -0.462 e. The molecule has 9 nitrogen and oxygen atoms in total. The standard InChI is InChI=1S/C36H38ClNO8S/c1-5-44-34(40)27-9-7-11-30(23-27)45-29-14-18-32(19-15-29)47(42,43)31-16-12-25(13-17-31)20-21-38(35(41)46-36(2,3)4)24-33(39)26-8-6-10-28(37)22-26/h6-19,22-23,33,39H,5,20-21,24H2,1-4H3/t33-/m1/s1. The van der Waals surface area contributed by atoms with Crippen LogP contribution in [0.2, 0.25) is 5.02 Å². The molecule has 0 unspecified atom stereocenters. The highest BCUT2D eigenvalue weighted by Gasteiger charge is 2.25. The Morgan fingerprint density at radius 2 is 1.51 bits per heavy atom. The molecule has 0 aromatic heterocycles. The van der Waals surface area contributed by atoms with Crippen LogP contribution < -0.4 is 4.74 Å². The molecule has 0 aliphatic carbocycles. The van der Waals surface area contributed by atoms with E-state index in [9.17, 15) is 23.1 Å². The SMILES string of the molecule is CCOC(=O)c1cccc(Oc2ccc(S(=O)(=O)c3ccc(CCN(C[C@@H](O)c4cccc(Cl)c4)C(=O)OC(C)(C)C)cc3)cc2)c1. The summed E-state index contributed by atoms with van der Waals surface area (Å²) in [6, 6.07) is 25.8. The molecule has 0 saturated carbocycles. The lowest BCUT2D eigenvalue weighted by atomic mass is 10.1. The molecule has 0 aliphatic rings. The highest BCUT2D eigenvalue weighted by Crippen LogP contribution is 2.27. The van der Waals surface area contributed by atoms with Gasteiger partial charge in [-0.3, -0.25) is 0 Å². The number of carbonyl (C=O) groups excluding carboxylic acids is 2. The van der Waals surface area contributed by atoms with Gasteiger partial charge in [-0.15, -0.1) is 0 Å². The van der Waals surface area contributed by atoms with Crippen molar-refractivity contribution in [2.45, 2.75) is 55.6 Å². The van der Waals surface area contributed by atoms with Gasteiger partial charge in [0.15, 0.2) is 0 Å².